The van der Waals surface area contributed by atoms with Crippen LogP contribution in [0.2, 0.25) is 0 Å². The van der Waals surface area contributed by atoms with Gasteiger partial charge < -0.3 is 4.74 Å². The quantitative estimate of drug-likeness (QED) is 0.630. The second kappa shape index (κ2) is 5.72. The van der Waals surface area contributed by atoms with E-state index in [1.54, 1.807) is 24.3 Å². The van der Waals surface area contributed by atoms with E-state index in [1.165, 1.54) is 4.90 Å². The molecule has 24 heavy (non-hydrogen) atoms. The average molecular weight is 327 g/mol. The minimum Gasteiger partial charge on any atom is -0.462 e. The summed E-state index contributed by atoms with van der Waals surface area (Å²) < 4.78 is 5.10. The number of imide groups is 1. The maximum Gasteiger partial charge on any atom is 0.338 e. The molecule has 5 heteroatoms. The minimum atomic E-state index is -0.377. The number of carbonyl (C=O) groups is 3. The molecule has 2 aliphatic carbocycles. The number of esters is 1. The van der Waals surface area contributed by atoms with E-state index in [4.69, 9.17) is 4.74 Å². The molecule has 5 nitrogen and oxygen atoms in total. The molecule has 0 spiro atoms. The lowest BCUT2D eigenvalue weighted by atomic mass is 9.81. The van der Waals surface area contributed by atoms with Gasteiger partial charge in [-0.1, -0.05) is 6.92 Å². The number of hydrogen-bond acceptors (Lipinski definition) is 4. The summed E-state index contributed by atoms with van der Waals surface area (Å²) in [5, 5.41) is 0. The van der Waals surface area contributed by atoms with Gasteiger partial charge >= 0.3 is 5.97 Å². The molecule has 3 aliphatic rings. The van der Waals surface area contributed by atoms with Gasteiger partial charge in [0.05, 0.1) is 29.7 Å². The Morgan fingerprint density at radius 3 is 2.21 bits per heavy atom. The predicted molar refractivity (Wildman–Crippen MR) is 87.3 cm³/mol. The van der Waals surface area contributed by atoms with Crippen LogP contribution in [0.1, 0.15) is 43.0 Å². The van der Waals surface area contributed by atoms with Crippen LogP contribution in [-0.2, 0) is 14.3 Å². The van der Waals surface area contributed by atoms with Crippen LogP contribution in [0.5, 0.6) is 0 Å². The first kappa shape index (κ1) is 15.4. The molecule has 2 bridgehead atoms. The Labute approximate surface area is 141 Å². The van der Waals surface area contributed by atoms with Crippen molar-refractivity contribution < 1.29 is 19.1 Å². The van der Waals surface area contributed by atoms with Crippen molar-refractivity contribution in [2.24, 2.45) is 23.7 Å². The third-order valence-corrected chi connectivity index (χ3v) is 5.73. The molecule has 2 amide bonds. The SMILES string of the molecule is CCCOC(=O)c1ccc(N2C(=O)C3C4CCC(C4)C3C2=O)cc1. The molecular weight excluding hydrogens is 306 g/mol. The van der Waals surface area contributed by atoms with Crippen molar-refractivity contribution in [1.29, 1.82) is 0 Å². The Morgan fingerprint density at radius 2 is 1.67 bits per heavy atom. The smallest absolute Gasteiger partial charge is 0.338 e. The zero-order chi connectivity index (χ0) is 16.8. The van der Waals surface area contributed by atoms with Crippen molar-refractivity contribution in [2.45, 2.75) is 32.6 Å². The maximum absolute atomic E-state index is 12.8. The Balaban J connectivity index is 1.55. The topological polar surface area (TPSA) is 63.7 Å². The van der Waals surface area contributed by atoms with Crippen LogP contribution in [0.25, 0.3) is 0 Å². The fourth-order valence-electron chi connectivity index (χ4n) is 4.69. The highest BCUT2D eigenvalue weighted by molar-refractivity contribution is 6.22. The monoisotopic (exact) mass is 327 g/mol. The van der Waals surface area contributed by atoms with Gasteiger partial charge in [-0.25, -0.2) is 4.79 Å². The van der Waals surface area contributed by atoms with Gasteiger partial charge in [0.25, 0.3) is 0 Å². The Hall–Kier alpha value is -2.17. The summed E-state index contributed by atoms with van der Waals surface area (Å²) in [5.41, 5.74) is 0.998. The lowest BCUT2D eigenvalue weighted by molar-refractivity contribution is -0.123. The summed E-state index contributed by atoms with van der Waals surface area (Å²) in [5.74, 6) is 0.0276. The Kier molecular flexibility index (Phi) is 3.66. The van der Waals surface area contributed by atoms with Gasteiger partial charge in [-0.05, 0) is 61.8 Å². The predicted octanol–water partition coefficient (Wildman–Crippen LogP) is 2.79. The van der Waals surface area contributed by atoms with Crippen LogP contribution < -0.4 is 4.90 Å². The number of nitrogens with zero attached hydrogens (tertiary/aromatic N) is 1. The van der Waals surface area contributed by atoms with E-state index in [0.717, 1.165) is 25.7 Å². The second-order valence-electron chi connectivity index (χ2n) is 7.08. The van der Waals surface area contributed by atoms with E-state index >= 15 is 0 Å². The van der Waals surface area contributed by atoms with E-state index in [9.17, 15) is 14.4 Å². The standard InChI is InChI=1S/C19H21NO4/c1-2-9-24-19(23)11-5-7-14(8-6-11)20-17(21)15-12-3-4-13(10-12)16(15)18(20)22/h5-8,12-13,15-16H,2-4,9-10H2,1H3. The van der Waals surface area contributed by atoms with Crippen LogP contribution in [0.15, 0.2) is 24.3 Å². The Bertz CT molecular complexity index is 668. The van der Waals surface area contributed by atoms with Crippen molar-refractivity contribution in [1.82, 2.24) is 0 Å². The molecule has 3 fully saturated rings. The number of ether oxygens (including phenoxy) is 1. The van der Waals surface area contributed by atoms with Crippen LogP contribution in [0, 0.1) is 23.7 Å². The number of benzene rings is 1. The van der Waals surface area contributed by atoms with Crippen LogP contribution in [0.3, 0.4) is 0 Å². The summed E-state index contributed by atoms with van der Waals surface area (Å²) in [7, 11) is 0. The van der Waals surface area contributed by atoms with E-state index < -0.39 is 0 Å². The summed E-state index contributed by atoms with van der Waals surface area (Å²) >= 11 is 0. The highest BCUT2D eigenvalue weighted by atomic mass is 16.5. The third kappa shape index (κ3) is 2.18. The highest BCUT2D eigenvalue weighted by Gasteiger charge is 2.61. The fourth-order valence-corrected chi connectivity index (χ4v) is 4.69. The van der Waals surface area contributed by atoms with Crippen molar-refractivity contribution >= 4 is 23.5 Å². The van der Waals surface area contributed by atoms with Crippen molar-refractivity contribution in [3.63, 3.8) is 0 Å². The van der Waals surface area contributed by atoms with Crippen LogP contribution in [-0.4, -0.2) is 24.4 Å². The first-order chi connectivity index (χ1) is 11.6. The molecule has 1 heterocycles. The van der Waals surface area contributed by atoms with Gasteiger partial charge in [0.2, 0.25) is 11.8 Å². The molecular formula is C19H21NO4. The van der Waals surface area contributed by atoms with E-state index in [1.807, 2.05) is 6.92 Å². The van der Waals surface area contributed by atoms with E-state index in [2.05, 4.69) is 0 Å². The number of rotatable bonds is 4. The number of anilines is 1. The van der Waals surface area contributed by atoms with Gasteiger partial charge in [-0.3, -0.25) is 14.5 Å². The molecule has 4 rings (SSSR count). The zero-order valence-corrected chi connectivity index (χ0v) is 13.7. The molecule has 0 radical (unpaired) electrons. The van der Waals surface area contributed by atoms with Gasteiger partial charge in [0.1, 0.15) is 0 Å². The lowest BCUT2D eigenvalue weighted by Crippen LogP contribution is -2.32. The first-order valence-corrected chi connectivity index (χ1v) is 8.76. The molecule has 1 saturated heterocycles. The highest BCUT2D eigenvalue weighted by Crippen LogP contribution is 2.56. The summed E-state index contributed by atoms with van der Waals surface area (Å²) in [4.78, 5) is 38.7. The van der Waals surface area contributed by atoms with E-state index in [0.29, 0.717) is 29.7 Å². The molecule has 0 aromatic heterocycles. The molecule has 0 N–H and O–H groups in total. The number of amides is 2. The largest absolute Gasteiger partial charge is 0.462 e. The number of fused-ring (bicyclic) bond motifs is 5. The summed E-state index contributed by atoms with van der Waals surface area (Å²) in [6.07, 6.45) is 3.94. The van der Waals surface area contributed by atoms with E-state index in [-0.39, 0.29) is 29.6 Å². The molecule has 1 aromatic rings. The number of carbonyl (C=O) groups excluding carboxylic acids is 3. The first-order valence-electron chi connectivity index (χ1n) is 8.76. The van der Waals surface area contributed by atoms with Gasteiger partial charge in [-0.2, -0.15) is 0 Å². The number of hydrogen-bond donors (Lipinski definition) is 0. The van der Waals surface area contributed by atoms with Gasteiger partial charge in [0, 0.05) is 0 Å². The maximum atomic E-state index is 12.8. The summed E-state index contributed by atoms with van der Waals surface area (Å²) in [6, 6.07) is 6.58. The molecule has 126 valence electrons. The van der Waals surface area contributed by atoms with Gasteiger partial charge in [0.15, 0.2) is 0 Å². The summed E-state index contributed by atoms with van der Waals surface area (Å²) in [6.45, 7) is 2.32. The van der Waals surface area contributed by atoms with Crippen molar-refractivity contribution in [3.8, 4) is 0 Å². The Morgan fingerprint density at radius 1 is 1.08 bits per heavy atom. The van der Waals surface area contributed by atoms with Crippen LogP contribution in [0.4, 0.5) is 5.69 Å². The normalized spacial score (nSPS) is 30.8. The molecule has 4 unspecified atom stereocenters. The zero-order valence-electron chi connectivity index (χ0n) is 13.7. The molecule has 1 aromatic carbocycles. The molecule has 2 saturated carbocycles. The van der Waals surface area contributed by atoms with Gasteiger partial charge in [-0.15, -0.1) is 0 Å². The lowest BCUT2D eigenvalue weighted by Gasteiger charge is -2.19. The third-order valence-electron chi connectivity index (χ3n) is 5.73. The minimum absolute atomic E-state index is 0.0569. The average Bonchev–Trinajstić information content (AvgIpc) is 3.27. The molecule has 4 atom stereocenters. The fraction of sp³-hybridized carbons (Fsp3) is 0.526. The molecule has 1 aliphatic heterocycles. The second-order valence-corrected chi connectivity index (χ2v) is 7.08. The van der Waals surface area contributed by atoms with Crippen LogP contribution >= 0.6 is 0 Å². The van der Waals surface area contributed by atoms with Crippen molar-refractivity contribution in [2.75, 3.05) is 11.5 Å². The van der Waals surface area contributed by atoms with Crippen molar-refractivity contribution in [3.05, 3.63) is 29.8 Å².